The monoisotopic (exact) mass is 503 g/mol. The summed E-state index contributed by atoms with van der Waals surface area (Å²) in [5.74, 6) is -0.330. The van der Waals surface area contributed by atoms with Crippen molar-refractivity contribution in [2.24, 2.45) is 0 Å². The second kappa shape index (κ2) is 10.6. The van der Waals surface area contributed by atoms with E-state index in [4.69, 9.17) is 40.2 Å². The molecule has 0 aromatic heterocycles. The fraction of sp³-hybridized carbons (Fsp3) is 0.167. The third-order valence-corrected chi connectivity index (χ3v) is 4.72. The highest BCUT2D eigenvalue weighted by atomic mass is 79.9. The van der Waals surface area contributed by atoms with Gasteiger partial charge in [-0.3, -0.25) is 25.8 Å². The molecule has 0 fully saturated rings. The summed E-state index contributed by atoms with van der Waals surface area (Å²) >= 11 is 20.2. The average molecular weight is 505 g/mol. The third-order valence-electron chi connectivity index (χ3n) is 3.35. The highest BCUT2D eigenvalue weighted by Crippen LogP contribution is 2.26. The molecule has 0 saturated carbocycles. The summed E-state index contributed by atoms with van der Waals surface area (Å²) in [4.78, 5) is 24.4. The first kappa shape index (κ1) is 22.4. The summed E-state index contributed by atoms with van der Waals surface area (Å²) in [6.07, 6.45) is 0.877. The Morgan fingerprint density at radius 2 is 1.86 bits per heavy atom. The lowest BCUT2D eigenvalue weighted by atomic mass is 10.2. The van der Waals surface area contributed by atoms with Gasteiger partial charge in [-0.25, -0.2) is 0 Å². The van der Waals surface area contributed by atoms with E-state index in [0.29, 0.717) is 27.4 Å². The van der Waals surface area contributed by atoms with Gasteiger partial charge in [0.25, 0.3) is 11.8 Å². The number of halogens is 3. The second-order valence-corrected chi connectivity index (χ2v) is 7.59. The fourth-order valence-corrected chi connectivity index (χ4v) is 3.16. The van der Waals surface area contributed by atoms with Crippen LogP contribution in [0.4, 0.5) is 0 Å². The quantitative estimate of drug-likeness (QED) is 0.413. The topological polar surface area (TPSA) is 79.5 Å². The lowest BCUT2D eigenvalue weighted by Crippen LogP contribution is -2.48. The van der Waals surface area contributed by atoms with Gasteiger partial charge in [0.2, 0.25) is 0 Å². The molecule has 0 atom stereocenters. The molecule has 2 amide bonds. The number of carbonyl (C=O) groups excluding carboxylic acids is 2. The number of carbonyl (C=O) groups is 2. The minimum absolute atomic E-state index is 0.0779. The van der Waals surface area contributed by atoms with Crippen molar-refractivity contribution in [3.05, 3.63) is 62.0 Å². The van der Waals surface area contributed by atoms with Crippen molar-refractivity contribution < 1.29 is 14.3 Å². The van der Waals surface area contributed by atoms with E-state index in [1.165, 1.54) is 18.2 Å². The van der Waals surface area contributed by atoms with Gasteiger partial charge in [0.05, 0.1) is 21.7 Å². The molecule has 0 spiro atoms. The molecule has 6 nitrogen and oxygen atoms in total. The molecule has 0 heterocycles. The lowest BCUT2D eigenvalue weighted by molar-refractivity contribution is 0.0934. The number of thiocarbonyl (C=S) groups is 1. The Kier molecular flexibility index (Phi) is 8.50. The van der Waals surface area contributed by atoms with Crippen LogP contribution in [0.1, 0.15) is 34.1 Å². The standard InChI is InChI=1S/C18H16BrCl2N3O3S/c1-2-7-27-15-6-3-10(8-13(15)19)16(25)22-18(28)24-23-17(26)12-5-4-11(20)9-14(12)21/h3-6,8-9H,2,7H2,1H3,(H,23,26)(H2,22,24,25,28). The molecule has 0 unspecified atom stereocenters. The zero-order valence-corrected chi connectivity index (χ0v) is 18.6. The molecule has 0 radical (unpaired) electrons. The van der Waals surface area contributed by atoms with E-state index in [9.17, 15) is 9.59 Å². The molecule has 2 aromatic carbocycles. The molecule has 0 aliphatic heterocycles. The number of rotatable bonds is 5. The molecular formula is C18H16BrCl2N3O3S. The molecule has 2 aromatic rings. The SMILES string of the molecule is CCCOc1ccc(C(=O)NC(=S)NNC(=O)c2ccc(Cl)cc2Cl)cc1Br. The van der Waals surface area contributed by atoms with Gasteiger partial charge in [-0.05, 0) is 71.0 Å². The van der Waals surface area contributed by atoms with Gasteiger partial charge in [0.1, 0.15) is 5.75 Å². The van der Waals surface area contributed by atoms with Crippen molar-refractivity contribution in [1.82, 2.24) is 16.2 Å². The molecule has 28 heavy (non-hydrogen) atoms. The summed E-state index contributed by atoms with van der Waals surface area (Å²) in [6, 6.07) is 9.38. The zero-order valence-electron chi connectivity index (χ0n) is 14.6. The first-order valence-electron chi connectivity index (χ1n) is 8.11. The Bertz CT molecular complexity index is 912. The van der Waals surface area contributed by atoms with Crippen molar-refractivity contribution in [2.75, 3.05) is 6.61 Å². The van der Waals surface area contributed by atoms with Gasteiger partial charge >= 0.3 is 0 Å². The molecule has 0 saturated heterocycles. The molecule has 3 N–H and O–H groups in total. The van der Waals surface area contributed by atoms with Crippen LogP contribution in [0.5, 0.6) is 5.75 Å². The maximum atomic E-state index is 12.3. The molecule has 0 aliphatic carbocycles. The minimum Gasteiger partial charge on any atom is -0.492 e. The molecule has 0 bridgehead atoms. The first-order valence-corrected chi connectivity index (χ1v) is 10.1. The van der Waals surface area contributed by atoms with Crippen molar-refractivity contribution in [3.8, 4) is 5.75 Å². The number of ether oxygens (including phenoxy) is 1. The highest BCUT2D eigenvalue weighted by Gasteiger charge is 2.13. The van der Waals surface area contributed by atoms with E-state index in [1.54, 1.807) is 18.2 Å². The van der Waals surface area contributed by atoms with Gasteiger partial charge in [-0.15, -0.1) is 0 Å². The normalized spacial score (nSPS) is 10.1. The van der Waals surface area contributed by atoms with Crippen molar-refractivity contribution >= 4 is 68.3 Å². The summed E-state index contributed by atoms with van der Waals surface area (Å²) in [7, 11) is 0. The number of nitrogens with one attached hydrogen (secondary N) is 3. The first-order chi connectivity index (χ1) is 13.3. The van der Waals surface area contributed by atoms with E-state index >= 15 is 0 Å². The summed E-state index contributed by atoms with van der Waals surface area (Å²) < 4.78 is 6.19. The van der Waals surface area contributed by atoms with Crippen LogP contribution in [-0.4, -0.2) is 23.5 Å². The van der Waals surface area contributed by atoms with Crippen molar-refractivity contribution in [2.45, 2.75) is 13.3 Å². The fourth-order valence-electron chi connectivity index (χ4n) is 2.03. The predicted octanol–water partition coefficient (Wildman–Crippen LogP) is 4.49. The molecule has 0 aliphatic rings. The van der Waals surface area contributed by atoms with Crippen LogP contribution in [0, 0.1) is 0 Å². The smallest absolute Gasteiger partial charge is 0.271 e. The van der Waals surface area contributed by atoms with E-state index in [1.807, 2.05) is 6.92 Å². The summed E-state index contributed by atoms with van der Waals surface area (Å²) in [5.41, 5.74) is 5.38. The third kappa shape index (κ3) is 6.34. The van der Waals surface area contributed by atoms with Crippen LogP contribution in [-0.2, 0) is 0 Å². The largest absolute Gasteiger partial charge is 0.492 e. The summed E-state index contributed by atoms with van der Waals surface area (Å²) in [5, 5.41) is 2.99. The van der Waals surface area contributed by atoms with Gasteiger partial charge in [0, 0.05) is 10.6 Å². The molecule has 148 valence electrons. The number of hydrazine groups is 1. The van der Waals surface area contributed by atoms with Crippen LogP contribution in [0.2, 0.25) is 10.0 Å². The van der Waals surface area contributed by atoms with Crippen LogP contribution in [0.3, 0.4) is 0 Å². The van der Waals surface area contributed by atoms with E-state index < -0.39 is 11.8 Å². The highest BCUT2D eigenvalue weighted by molar-refractivity contribution is 9.10. The van der Waals surface area contributed by atoms with E-state index in [0.717, 1.165) is 6.42 Å². The maximum Gasteiger partial charge on any atom is 0.271 e. The Morgan fingerprint density at radius 3 is 2.50 bits per heavy atom. The Hall–Kier alpha value is -1.87. The van der Waals surface area contributed by atoms with Gasteiger partial charge in [0.15, 0.2) is 5.11 Å². The molecule has 10 heteroatoms. The molecular weight excluding hydrogens is 489 g/mol. The second-order valence-electron chi connectivity index (χ2n) is 5.48. The minimum atomic E-state index is -0.529. The molecule has 2 rings (SSSR count). The lowest BCUT2D eigenvalue weighted by Gasteiger charge is -2.12. The average Bonchev–Trinajstić information content (AvgIpc) is 2.65. The number of hydrogen-bond donors (Lipinski definition) is 3. The van der Waals surface area contributed by atoms with Crippen molar-refractivity contribution in [1.29, 1.82) is 0 Å². The Balaban J connectivity index is 1.91. The predicted molar refractivity (Wildman–Crippen MR) is 117 cm³/mol. The maximum absolute atomic E-state index is 12.3. The number of amides is 2. The van der Waals surface area contributed by atoms with Gasteiger partial charge in [-0.2, -0.15) is 0 Å². The van der Waals surface area contributed by atoms with E-state index in [-0.39, 0.29) is 15.7 Å². The zero-order chi connectivity index (χ0) is 20.7. The Labute approximate surface area is 186 Å². The van der Waals surface area contributed by atoms with Gasteiger partial charge < -0.3 is 4.74 Å². The number of benzene rings is 2. The van der Waals surface area contributed by atoms with Crippen LogP contribution in [0.25, 0.3) is 0 Å². The van der Waals surface area contributed by atoms with E-state index in [2.05, 4.69) is 32.1 Å². The van der Waals surface area contributed by atoms with Crippen LogP contribution in [0.15, 0.2) is 40.9 Å². The van der Waals surface area contributed by atoms with Crippen LogP contribution < -0.4 is 20.9 Å². The summed E-state index contributed by atoms with van der Waals surface area (Å²) in [6.45, 7) is 2.58. The number of hydrogen-bond acceptors (Lipinski definition) is 4. The van der Waals surface area contributed by atoms with Crippen molar-refractivity contribution in [3.63, 3.8) is 0 Å². The van der Waals surface area contributed by atoms with Gasteiger partial charge in [-0.1, -0.05) is 30.1 Å². The van der Waals surface area contributed by atoms with Crippen LogP contribution >= 0.6 is 51.3 Å². The Morgan fingerprint density at radius 1 is 1.11 bits per heavy atom.